The molecule has 0 bridgehead atoms. The van der Waals surface area contributed by atoms with Crippen LogP contribution in [-0.2, 0) is 28.6 Å². The largest absolute Gasteiger partial charge is 0.462 e. The average Bonchev–Trinajstić information content (AvgIpc) is 3.05. The van der Waals surface area contributed by atoms with Gasteiger partial charge in [-0.3, -0.25) is 14.4 Å². The van der Waals surface area contributed by atoms with Gasteiger partial charge in [0.15, 0.2) is 6.10 Å². The summed E-state index contributed by atoms with van der Waals surface area (Å²) in [5.74, 6) is 0.686. The Hall–Kier alpha value is -1.59. The maximum atomic E-state index is 12.6. The van der Waals surface area contributed by atoms with Gasteiger partial charge in [-0.05, 0) is 31.1 Å². The van der Waals surface area contributed by atoms with Crippen LogP contribution in [0, 0.1) is 11.8 Å². The molecule has 0 heterocycles. The van der Waals surface area contributed by atoms with Crippen LogP contribution >= 0.6 is 0 Å². The molecule has 0 N–H and O–H groups in total. The van der Waals surface area contributed by atoms with Crippen molar-refractivity contribution >= 4 is 17.9 Å². The molecule has 0 aromatic rings. The van der Waals surface area contributed by atoms with E-state index in [0.717, 1.165) is 69.6 Å². The summed E-state index contributed by atoms with van der Waals surface area (Å²) in [6.45, 7) is 11.2. The Bertz CT molecular complexity index is 734. The third-order valence-corrected chi connectivity index (χ3v) is 9.22. The lowest BCUT2D eigenvalue weighted by atomic mass is 10.0. The van der Waals surface area contributed by atoms with Crippen molar-refractivity contribution in [3.63, 3.8) is 0 Å². The van der Waals surface area contributed by atoms with Gasteiger partial charge in [-0.15, -0.1) is 0 Å². The molecule has 0 aromatic carbocycles. The summed E-state index contributed by atoms with van der Waals surface area (Å²) in [7, 11) is 0. The van der Waals surface area contributed by atoms with Gasteiger partial charge < -0.3 is 14.2 Å². The van der Waals surface area contributed by atoms with Gasteiger partial charge in [0, 0.05) is 19.3 Å². The normalized spacial score (nSPS) is 12.1. The number of unbranched alkanes of at least 4 members (excludes halogenated alkanes) is 21. The maximum absolute atomic E-state index is 12.6. The number of ether oxygens (including phenoxy) is 3. The Morgan fingerprint density at radius 1 is 0.396 bits per heavy atom. The van der Waals surface area contributed by atoms with Gasteiger partial charge in [0.1, 0.15) is 13.2 Å². The molecule has 6 nitrogen and oxygen atoms in total. The third-order valence-electron chi connectivity index (χ3n) is 9.22. The van der Waals surface area contributed by atoms with Crippen molar-refractivity contribution in [2.45, 2.75) is 227 Å². The molecule has 0 radical (unpaired) electrons. The molecule has 0 fully saturated rings. The minimum absolute atomic E-state index is 0.0667. The van der Waals surface area contributed by atoms with Crippen LogP contribution in [0.5, 0.6) is 0 Å². The van der Waals surface area contributed by atoms with Gasteiger partial charge in [0.05, 0.1) is 0 Å². The van der Waals surface area contributed by atoms with E-state index in [1.54, 1.807) is 0 Å². The standard InChI is InChI=1S/C42H80O6/c1-6-7-8-9-10-11-12-16-22-27-32-40(43)46-35-39(36-47-41(44)33-28-23-19-18-21-26-31-38(4)5)48-42(45)34-29-24-17-14-13-15-20-25-30-37(2)3/h37-39H,6-36H2,1-5H3/t39-/m0/s1. The first-order chi connectivity index (χ1) is 23.2. The van der Waals surface area contributed by atoms with Crippen molar-refractivity contribution in [1.29, 1.82) is 0 Å². The van der Waals surface area contributed by atoms with Gasteiger partial charge in [-0.25, -0.2) is 0 Å². The average molecular weight is 681 g/mol. The molecule has 0 aliphatic rings. The van der Waals surface area contributed by atoms with Crippen molar-refractivity contribution in [3.8, 4) is 0 Å². The van der Waals surface area contributed by atoms with E-state index in [9.17, 15) is 14.4 Å². The van der Waals surface area contributed by atoms with Crippen LogP contribution in [0.2, 0.25) is 0 Å². The molecule has 0 aromatic heterocycles. The minimum Gasteiger partial charge on any atom is -0.462 e. The summed E-state index contributed by atoms with van der Waals surface area (Å²) < 4.78 is 16.6. The van der Waals surface area contributed by atoms with E-state index in [0.29, 0.717) is 19.3 Å². The van der Waals surface area contributed by atoms with Crippen molar-refractivity contribution in [3.05, 3.63) is 0 Å². The predicted octanol–water partition coefficient (Wildman–Crippen LogP) is 12.6. The summed E-state index contributed by atoms with van der Waals surface area (Å²) in [5, 5.41) is 0. The van der Waals surface area contributed by atoms with E-state index < -0.39 is 6.10 Å². The van der Waals surface area contributed by atoms with Crippen molar-refractivity contribution in [1.82, 2.24) is 0 Å². The van der Waals surface area contributed by atoms with E-state index in [-0.39, 0.29) is 31.1 Å². The second-order valence-corrected chi connectivity index (χ2v) is 15.2. The van der Waals surface area contributed by atoms with Gasteiger partial charge in [0.25, 0.3) is 0 Å². The lowest BCUT2D eigenvalue weighted by Crippen LogP contribution is -2.30. The van der Waals surface area contributed by atoms with Crippen LogP contribution in [-0.4, -0.2) is 37.2 Å². The molecule has 0 amide bonds. The fraction of sp³-hybridized carbons (Fsp3) is 0.929. The van der Waals surface area contributed by atoms with Crippen LogP contribution in [0.3, 0.4) is 0 Å². The topological polar surface area (TPSA) is 78.9 Å². The summed E-state index contributed by atoms with van der Waals surface area (Å²) in [5.41, 5.74) is 0. The smallest absolute Gasteiger partial charge is 0.306 e. The van der Waals surface area contributed by atoms with Crippen LogP contribution in [0.1, 0.15) is 221 Å². The van der Waals surface area contributed by atoms with E-state index in [1.807, 2.05) is 0 Å². The van der Waals surface area contributed by atoms with Gasteiger partial charge in [0.2, 0.25) is 0 Å². The summed E-state index contributed by atoms with van der Waals surface area (Å²) in [6.07, 6.45) is 31.0. The Kier molecular flexibility index (Phi) is 34.1. The molecule has 0 saturated heterocycles. The highest BCUT2D eigenvalue weighted by Crippen LogP contribution is 2.15. The summed E-state index contributed by atoms with van der Waals surface area (Å²) in [4.78, 5) is 37.5. The molecular formula is C42H80O6. The number of hydrogen-bond acceptors (Lipinski definition) is 6. The van der Waals surface area contributed by atoms with Crippen molar-refractivity contribution < 1.29 is 28.6 Å². The van der Waals surface area contributed by atoms with Gasteiger partial charge in [-0.2, -0.15) is 0 Å². The Labute approximate surface area is 298 Å². The molecule has 48 heavy (non-hydrogen) atoms. The molecule has 0 saturated carbocycles. The maximum Gasteiger partial charge on any atom is 0.306 e. The summed E-state index contributed by atoms with van der Waals surface area (Å²) >= 11 is 0. The SMILES string of the molecule is CCCCCCCCCCCCC(=O)OC[C@@H](COC(=O)CCCCCCCCC(C)C)OC(=O)CCCCCCCCCCC(C)C. The molecule has 284 valence electrons. The minimum atomic E-state index is -0.759. The molecule has 0 unspecified atom stereocenters. The fourth-order valence-electron chi connectivity index (χ4n) is 6.05. The molecule has 6 heteroatoms. The number of esters is 3. The number of hydrogen-bond donors (Lipinski definition) is 0. The highest BCUT2D eigenvalue weighted by atomic mass is 16.6. The van der Waals surface area contributed by atoms with E-state index >= 15 is 0 Å². The van der Waals surface area contributed by atoms with Crippen molar-refractivity contribution in [2.24, 2.45) is 11.8 Å². The number of carbonyl (C=O) groups excluding carboxylic acids is 3. The van der Waals surface area contributed by atoms with E-state index in [2.05, 4.69) is 34.6 Å². The molecule has 1 atom stereocenters. The lowest BCUT2D eigenvalue weighted by molar-refractivity contribution is -0.167. The zero-order chi connectivity index (χ0) is 35.5. The van der Waals surface area contributed by atoms with E-state index in [1.165, 1.54) is 109 Å². The molecule has 0 spiro atoms. The number of carbonyl (C=O) groups is 3. The lowest BCUT2D eigenvalue weighted by Gasteiger charge is -2.18. The third kappa shape index (κ3) is 35.7. The Balaban J connectivity index is 4.36. The van der Waals surface area contributed by atoms with Gasteiger partial charge >= 0.3 is 17.9 Å². The zero-order valence-corrected chi connectivity index (χ0v) is 32.6. The highest BCUT2D eigenvalue weighted by molar-refractivity contribution is 5.71. The van der Waals surface area contributed by atoms with Crippen LogP contribution < -0.4 is 0 Å². The van der Waals surface area contributed by atoms with Crippen LogP contribution in [0.25, 0.3) is 0 Å². The number of rotatable bonds is 36. The molecular weight excluding hydrogens is 600 g/mol. The monoisotopic (exact) mass is 681 g/mol. The second-order valence-electron chi connectivity index (χ2n) is 15.2. The second kappa shape index (κ2) is 35.2. The van der Waals surface area contributed by atoms with Crippen molar-refractivity contribution in [2.75, 3.05) is 13.2 Å². The molecule has 0 aliphatic heterocycles. The first-order valence-corrected chi connectivity index (χ1v) is 20.7. The van der Waals surface area contributed by atoms with Crippen LogP contribution in [0.4, 0.5) is 0 Å². The van der Waals surface area contributed by atoms with Gasteiger partial charge in [-0.1, -0.05) is 182 Å². The Morgan fingerprint density at radius 2 is 0.688 bits per heavy atom. The Morgan fingerprint density at radius 3 is 1.02 bits per heavy atom. The first kappa shape index (κ1) is 46.4. The first-order valence-electron chi connectivity index (χ1n) is 20.7. The summed E-state index contributed by atoms with van der Waals surface area (Å²) in [6, 6.07) is 0. The molecule has 0 rings (SSSR count). The highest BCUT2D eigenvalue weighted by Gasteiger charge is 2.19. The quantitative estimate of drug-likeness (QED) is 0.0372. The fourth-order valence-corrected chi connectivity index (χ4v) is 6.05. The zero-order valence-electron chi connectivity index (χ0n) is 32.6. The van der Waals surface area contributed by atoms with E-state index in [4.69, 9.17) is 14.2 Å². The van der Waals surface area contributed by atoms with Crippen LogP contribution in [0.15, 0.2) is 0 Å². The molecule has 0 aliphatic carbocycles. The predicted molar refractivity (Wildman–Crippen MR) is 201 cm³/mol.